The minimum atomic E-state index is -0.970. The number of carboxylic acids is 1. The molecule has 1 heterocycles. The fourth-order valence-electron chi connectivity index (χ4n) is 2.59. The second-order valence-electron chi connectivity index (χ2n) is 6.29. The van der Waals surface area contributed by atoms with E-state index in [1.807, 2.05) is 25.7 Å². The predicted octanol–water partition coefficient (Wildman–Crippen LogP) is 2.38. The first-order valence-corrected chi connectivity index (χ1v) is 6.71. The molecule has 1 N–H and O–H groups in total. The van der Waals surface area contributed by atoms with Crippen molar-refractivity contribution in [3.8, 4) is 0 Å². The van der Waals surface area contributed by atoms with Crippen molar-refractivity contribution in [3.63, 3.8) is 0 Å². The van der Waals surface area contributed by atoms with Crippen LogP contribution >= 0.6 is 0 Å². The molecule has 0 aromatic heterocycles. The van der Waals surface area contributed by atoms with Crippen molar-refractivity contribution in [2.24, 2.45) is 17.3 Å². The Morgan fingerprint density at radius 2 is 1.94 bits per heavy atom. The first-order valence-electron chi connectivity index (χ1n) is 6.71. The molecule has 0 aromatic rings. The highest BCUT2D eigenvalue weighted by Gasteiger charge is 2.41. The molecule has 1 fully saturated rings. The van der Waals surface area contributed by atoms with Crippen molar-refractivity contribution in [1.29, 1.82) is 0 Å². The Bertz CT molecular complexity index is 340. The molecule has 0 radical (unpaired) electrons. The number of likely N-dealkylation sites (tertiary alicyclic amines) is 1. The van der Waals surface area contributed by atoms with Crippen LogP contribution in [0, 0.1) is 17.3 Å². The van der Waals surface area contributed by atoms with Gasteiger partial charge in [0.2, 0.25) is 5.91 Å². The molecular formula is C14H25NO3. The molecule has 0 bridgehead atoms. The zero-order valence-electron chi connectivity index (χ0n) is 12.1. The second-order valence-corrected chi connectivity index (χ2v) is 6.29. The Kier molecular flexibility index (Phi) is 4.41. The van der Waals surface area contributed by atoms with E-state index in [1.54, 1.807) is 6.92 Å². The Balaban J connectivity index is 2.77. The highest BCUT2D eigenvalue weighted by molar-refractivity contribution is 5.85. The normalized spacial score (nSPS) is 27.3. The van der Waals surface area contributed by atoms with Gasteiger partial charge in [-0.15, -0.1) is 0 Å². The maximum atomic E-state index is 12.3. The number of hydrogen-bond acceptors (Lipinski definition) is 2. The summed E-state index contributed by atoms with van der Waals surface area (Å²) >= 11 is 0. The van der Waals surface area contributed by atoms with E-state index in [2.05, 4.69) is 6.92 Å². The molecule has 1 rings (SSSR count). The van der Waals surface area contributed by atoms with Gasteiger partial charge in [-0.2, -0.15) is 0 Å². The van der Waals surface area contributed by atoms with Crippen molar-refractivity contribution < 1.29 is 14.7 Å². The number of nitrogens with zero attached hydrogens (tertiary/aromatic N) is 1. The Hall–Kier alpha value is -1.06. The number of carbonyl (C=O) groups is 2. The molecule has 1 aliphatic heterocycles. The molecule has 3 atom stereocenters. The van der Waals surface area contributed by atoms with E-state index < -0.39 is 11.4 Å². The summed E-state index contributed by atoms with van der Waals surface area (Å²) in [5.74, 6) is -0.454. The van der Waals surface area contributed by atoms with Crippen LogP contribution < -0.4 is 0 Å². The zero-order chi connectivity index (χ0) is 14.1. The largest absolute Gasteiger partial charge is 0.481 e. The topological polar surface area (TPSA) is 57.6 Å². The van der Waals surface area contributed by atoms with E-state index in [0.717, 1.165) is 13.0 Å². The highest BCUT2D eigenvalue weighted by Crippen LogP contribution is 2.34. The smallest absolute Gasteiger partial charge is 0.310 e. The Morgan fingerprint density at radius 3 is 2.28 bits per heavy atom. The molecule has 4 heteroatoms. The van der Waals surface area contributed by atoms with Crippen molar-refractivity contribution >= 4 is 11.9 Å². The van der Waals surface area contributed by atoms with Gasteiger partial charge in [-0.25, -0.2) is 0 Å². The van der Waals surface area contributed by atoms with Gasteiger partial charge in [-0.05, 0) is 32.1 Å². The quantitative estimate of drug-likeness (QED) is 0.839. The maximum absolute atomic E-state index is 12.3. The zero-order valence-corrected chi connectivity index (χ0v) is 12.1. The number of carbonyl (C=O) groups excluding carboxylic acids is 1. The van der Waals surface area contributed by atoms with Crippen LogP contribution in [0.2, 0.25) is 0 Å². The molecule has 104 valence electrons. The van der Waals surface area contributed by atoms with E-state index in [1.165, 1.54) is 0 Å². The summed E-state index contributed by atoms with van der Waals surface area (Å²) in [6.07, 6.45) is 1.11. The predicted molar refractivity (Wildman–Crippen MR) is 70.2 cm³/mol. The van der Waals surface area contributed by atoms with Crippen molar-refractivity contribution in [1.82, 2.24) is 4.90 Å². The van der Waals surface area contributed by atoms with Crippen LogP contribution in [0.3, 0.4) is 0 Å². The molecule has 3 unspecified atom stereocenters. The first kappa shape index (κ1) is 15.0. The van der Waals surface area contributed by atoms with Crippen LogP contribution in [0.4, 0.5) is 0 Å². The molecule has 1 amide bonds. The van der Waals surface area contributed by atoms with E-state index in [-0.39, 0.29) is 24.3 Å². The average Bonchev–Trinajstić information content (AvgIpc) is 2.57. The molecule has 1 aliphatic rings. The van der Waals surface area contributed by atoms with Crippen molar-refractivity contribution in [2.75, 3.05) is 6.54 Å². The van der Waals surface area contributed by atoms with Gasteiger partial charge in [0.25, 0.3) is 0 Å². The lowest BCUT2D eigenvalue weighted by atomic mass is 9.76. The van der Waals surface area contributed by atoms with Crippen LogP contribution in [-0.4, -0.2) is 34.5 Å². The monoisotopic (exact) mass is 255 g/mol. The molecule has 0 saturated carbocycles. The van der Waals surface area contributed by atoms with Crippen molar-refractivity contribution in [2.45, 2.75) is 53.5 Å². The molecule has 0 aliphatic carbocycles. The van der Waals surface area contributed by atoms with Crippen LogP contribution in [0.25, 0.3) is 0 Å². The summed E-state index contributed by atoms with van der Waals surface area (Å²) < 4.78 is 0. The minimum absolute atomic E-state index is 0.0227. The fourth-order valence-corrected chi connectivity index (χ4v) is 2.59. The van der Waals surface area contributed by atoms with E-state index in [9.17, 15) is 14.7 Å². The number of aliphatic carboxylic acids is 1. The summed E-state index contributed by atoms with van der Waals surface area (Å²) in [6, 6.07) is 0.234. The van der Waals surface area contributed by atoms with Crippen LogP contribution in [-0.2, 0) is 9.59 Å². The van der Waals surface area contributed by atoms with Gasteiger partial charge >= 0.3 is 5.97 Å². The summed E-state index contributed by atoms with van der Waals surface area (Å²) in [5.41, 5.74) is -0.970. The third-order valence-corrected chi connectivity index (χ3v) is 4.39. The van der Waals surface area contributed by atoms with Crippen LogP contribution in [0.15, 0.2) is 0 Å². The van der Waals surface area contributed by atoms with Gasteiger partial charge < -0.3 is 10.0 Å². The van der Waals surface area contributed by atoms with Crippen LogP contribution in [0.1, 0.15) is 47.5 Å². The number of rotatable bonds is 4. The summed E-state index contributed by atoms with van der Waals surface area (Å²) in [4.78, 5) is 25.5. The summed E-state index contributed by atoms with van der Waals surface area (Å²) in [6.45, 7) is 10.3. The molecule has 18 heavy (non-hydrogen) atoms. The van der Waals surface area contributed by atoms with E-state index >= 15 is 0 Å². The maximum Gasteiger partial charge on any atom is 0.310 e. The SMILES string of the molecule is CC1CC(C)N(C(=O)CC(C)(C(=O)O)C(C)C)C1. The molecule has 0 spiro atoms. The third-order valence-electron chi connectivity index (χ3n) is 4.39. The fraction of sp³-hybridized carbons (Fsp3) is 0.857. The lowest BCUT2D eigenvalue weighted by molar-refractivity contribution is -0.155. The number of carboxylic acid groups (broad SMARTS) is 1. The number of hydrogen-bond donors (Lipinski definition) is 1. The lowest BCUT2D eigenvalue weighted by Crippen LogP contribution is -2.42. The second kappa shape index (κ2) is 5.29. The van der Waals surface area contributed by atoms with Gasteiger partial charge in [0.15, 0.2) is 0 Å². The lowest BCUT2D eigenvalue weighted by Gasteiger charge is -2.31. The molecule has 1 saturated heterocycles. The van der Waals surface area contributed by atoms with Gasteiger partial charge in [0, 0.05) is 19.0 Å². The van der Waals surface area contributed by atoms with Crippen molar-refractivity contribution in [3.05, 3.63) is 0 Å². The number of amides is 1. The Morgan fingerprint density at radius 1 is 1.39 bits per heavy atom. The molecule has 0 aromatic carbocycles. The highest BCUT2D eigenvalue weighted by atomic mass is 16.4. The van der Waals surface area contributed by atoms with Gasteiger partial charge in [0.05, 0.1) is 5.41 Å². The van der Waals surface area contributed by atoms with Gasteiger partial charge in [0.1, 0.15) is 0 Å². The minimum Gasteiger partial charge on any atom is -0.481 e. The summed E-state index contributed by atoms with van der Waals surface area (Å²) in [7, 11) is 0. The summed E-state index contributed by atoms with van der Waals surface area (Å²) in [5, 5.41) is 9.34. The van der Waals surface area contributed by atoms with Crippen LogP contribution in [0.5, 0.6) is 0 Å². The molecule has 4 nitrogen and oxygen atoms in total. The average molecular weight is 255 g/mol. The Labute approximate surface area is 109 Å². The third kappa shape index (κ3) is 2.85. The van der Waals surface area contributed by atoms with E-state index in [0.29, 0.717) is 5.92 Å². The first-order chi connectivity index (χ1) is 8.18. The molecular weight excluding hydrogens is 230 g/mol. The van der Waals surface area contributed by atoms with E-state index in [4.69, 9.17) is 0 Å². The van der Waals surface area contributed by atoms with Gasteiger partial charge in [-0.3, -0.25) is 9.59 Å². The standard InChI is InChI=1S/C14H25NO3/c1-9(2)14(5,13(17)18)7-12(16)15-8-10(3)6-11(15)4/h9-11H,6-8H2,1-5H3,(H,17,18). The van der Waals surface area contributed by atoms with Gasteiger partial charge in [-0.1, -0.05) is 20.8 Å².